The molecule has 0 fully saturated rings. The van der Waals surface area contributed by atoms with Crippen LogP contribution < -0.4 is 5.32 Å². The van der Waals surface area contributed by atoms with Gasteiger partial charge in [-0.3, -0.25) is 4.79 Å². The van der Waals surface area contributed by atoms with Gasteiger partial charge in [0.1, 0.15) is 0 Å². The van der Waals surface area contributed by atoms with Gasteiger partial charge in [0, 0.05) is 10.7 Å². The molecule has 4 nitrogen and oxygen atoms in total. The molecule has 0 bridgehead atoms. The maximum absolute atomic E-state index is 12.2. The van der Waals surface area contributed by atoms with E-state index in [4.69, 9.17) is 11.6 Å². The number of anilines is 1. The molecule has 0 radical (unpaired) electrons. The third-order valence-electron chi connectivity index (χ3n) is 3.47. The van der Waals surface area contributed by atoms with Crippen molar-refractivity contribution in [3.8, 4) is 0 Å². The summed E-state index contributed by atoms with van der Waals surface area (Å²) in [4.78, 5) is 12.2. The summed E-state index contributed by atoms with van der Waals surface area (Å²) in [5.74, 6) is -0.242. The molecule has 1 aliphatic carbocycles. The Kier molecular flexibility index (Phi) is 3.40. The number of nitrogens with one attached hydrogen (secondary N) is 1. The second-order valence-electron chi connectivity index (χ2n) is 4.97. The van der Waals surface area contributed by atoms with Crippen molar-refractivity contribution in [2.24, 2.45) is 0 Å². The van der Waals surface area contributed by atoms with Gasteiger partial charge in [-0.2, -0.15) is 5.10 Å². The molecule has 0 saturated carbocycles. The maximum atomic E-state index is 12.2. The molecule has 102 valence electrons. The fraction of sp³-hybridized carbons (Fsp3) is 0.267. The van der Waals surface area contributed by atoms with Crippen LogP contribution in [0.15, 0.2) is 24.3 Å². The van der Waals surface area contributed by atoms with Crippen molar-refractivity contribution in [1.29, 1.82) is 0 Å². The van der Waals surface area contributed by atoms with Gasteiger partial charge in [-0.15, -0.1) is 5.10 Å². The van der Waals surface area contributed by atoms with Crippen molar-refractivity contribution in [3.63, 3.8) is 0 Å². The third kappa shape index (κ3) is 2.51. The van der Waals surface area contributed by atoms with Crippen LogP contribution in [0.1, 0.15) is 33.7 Å². The lowest BCUT2D eigenvalue weighted by molar-refractivity contribution is 0.102. The molecule has 3 rings (SSSR count). The Morgan fingerprint density at radius 2 is 2.10 bits per heavy atom. The van der Waals surface area contributed by atoms with Crippen LogP contribution in [0, 0.1) is 6.92 Å². The molecule has 2 aromatic rings. The van der Waals surface area contributed by atoms with E-state index in [0.29, 0.717) is 16.4 Å². The number of rotatable bonds is 2. The van der Waals surface area contributed by atoms with Crippen LogP contribution in [-0.2, 0) is 12.8 Å². The monoisotopic (exact) mass is 287 g/mol. The van der Waals surface area contributed by atoms with Crippen LogP contribution >= 0.6 is 11.6 Å². The molecule has 1 aromatic heterocycles. The second-order valence-corrected chi connectivity index (χ2v) is 5.38. The van der Waals surface area contributed by atoms with Crippen LogP contribution in [0.5, 0.6) is 0 Å². The molecule has 0 unspecified atom stereocenters. The van der Waals surface area contributed by atoms with E-state index in [1.807, 2.05) is 19.1 Å². The number of aryl methyl sites for hydroxylation is 3. The maximum Gasteiger partial charge on any atom is 0.276 e. The Balaban J connectivity index is 1.80. The standard InChI is InChI=1S/C15H14ClN3O/c1-9-7-11(5-6-12(9)16)17-15(20)14-8-10-3-2-4-13(10)18-19-14/h5-8H,2-4H2,1H3,(H,17,20). The van der Waals surface area contributed by atoms with Gasteiger partial charge in [0.05, 0.1) is 5.69 Å². The lowest BCUT2D eigenvalue weighted by Crippen LogP contribution is -2.15. The van der Waals surface area contributed by atoms with Gasteiger partial charge >= 0.3 is 0 Å². The summed E-state index contributed by atoms with van der Waals surface area (Å²) >= 11 is 5.96. The predicted molar refractivity (Wildman–Crippen MR) is 78.2 cm³/mol. The van der Waals surface area contributed by atoms with Gasteiger partial charge in [0.25, 0.3) is 5.91 Å². The summed E-state index contributed by atoms with van der Waals surface area (Å²) in [5, 5.41) is 11.6. The molecule has 1 amide bonds. The summed E-state index contributed by atoms with van der Waals surface area (Å²) in [7, 11) is 0. The first-order chi connectivity index (χ1) is 9.63. The minimum absolute atomic E-state index is 0.242. The summed E-state index contributed by atoms with van der Waals surface area (Å²) in [5.41, 5.74) is 4.14. The summed E-state index contributed by atoms with van der Waals surface area (Å²) in [6.45, 7) is 1.90. The highest BCUT2D eigenvalue weighted by molar-refractivity contribution is 6.31. The lowest BCUT2D eigenvalue weighted by atomic mass is 10.2. The number of amides is 1. The first kappa shape index (κ1) is 13.1. The van der Waals surface area contributed by atoms with Gasteiger partial charge in [-0.25, -0.2) is 0 Å². The smallest absolute Gasteiger partial charge is 0.276 e. The van der Waals surface area contributed by atoms with E-state index in [0.717, 1.165) is 36.1 Å². The SMILES string of the molecule is Cc1cc(NC(=O)c2cc3c(nn2)CCC3)ccc1Cl. The number of benzene rings is 1. The minimum Gasteiger partial charge on any atom is -0.321 e. The van der Waals surface area contributed by atoms with Crippen LogP contribution in [0.3, 0.4) is 0 Å². The van der Waals surface area contributed by atoms with E-state index in [1.54, 1.807) is 12.1 Å². The topological polar surface area (TPSA) is 54.9 Å². The van der Waals surface area contributed by atoms with Gasteiger partial charge in [-0.05, 0) is 61.6 Å². The van der Waals surface area contributed by atoms with Crippen molar-refractivity contribution >= 4 is 23.2 Å². The zero-order valence-corrected chi connectivity index (χ0v) is 11.9. The number of hydrogen-bond acceptors (Lipinski definition) is 3. The third-order valence-corrected chi connectivity index (χ3v) is 3.89. The molecular formula is C15H14ClN3O. The average Bonchev–Trinajstić information content (AvgIpc) is 2.90. The Bertz CT molecular complexity index is 685. The van der Waals surface area contributed by atoms with Crippen LogP contribution in [0.25, 0.3) is 0 Å². The van der Waals surface area contributed by atoms with Gasteiger partial charge < -0.3 is 5.32 Å². The van der Waals surface area contributed by atoms with Crippen LogP contribution in [0.4, 0.5) is 5.69 Å². The van der Waals surface area contributed by atoms with Gasteiger partial charge in [-0.1, -0.05) is 11.6 Å². The van der Waals surface area contributed by atoms with Crippen molar-refractivity contribution in [3.05, 3.63) is 51.8 Å². The number of aromatic nitrogens is 2. The molecule has 0 atom stereocenters. The van der Waals surface area contributed by atoms with Crippen molar-refractivity contribution in [2.45, 2.75) is 26.2 Å². The summed E-state index contributed by atoms with van der Waals surface area (Å²) in [6, 6.07) is 7.21. The number of hydrogen-bond donors (Lipinski definition) is 1. The zero-order valence-electron chi connectivity index (χ0n) is 11.1. The molecule has 5 heteroatoms. The summed E-state index contributed by atoms with van der Waals surface area (Å²) < 4.78 is 0. The molecule has 1 N–H and O–H groups in total. The molecule has 20 heavy (non-hydrogen) atoms. The van der Waals surface area contributed by atoms with Crippen LogP contribution in [0.2, 0.25) is 5.02 Å². The highest BCUT2D eigenvalue weighted by Crippen LogP contribution is 2.21. The van der Waals surface area contributed by atoms with E-state index in [-0.39, 0.29) is 5.91 Å². The quantitative estimate of drug-likeness (QED) is 0.923. The van der Waals surface area contributed by atoms with Crippen molar-refractivity contribution in [2.75, 3.05) is 5.32 Å². The number of fused-ring (bicyclic) bond motifs is 1. The molecule has 0 spiro atoms. The number of carbonyl (C=O) groups excluding carboxylic acids is 1. The molecule has 1 aliphatic rings. The van der Waals surface area contributed by atoms with Gasteiger partial charge in [0.2, 0.25) is 0 Å². The number of nitrogens with zero attached hydrogens (tertiary/aromatic N) is 2. The zero-order chi connectivity index (χ0) is 14.1. The molecule has 0 saturated heterocycles. The molecular weight excluding hydrogens is 274 g/mol. The lowest BCUT2D eigenvalue weighted by Gasteiger charge is -2.07. The van der Waals surface area contributed by atoms with E-state index in [9.17, 15) is 4.79 Å². The van der Waals surface area contributed by atoms with E-state index in [1.165, 1.54) is 0 Å². The average molecular weight is 288 g/mol. The summed E-state index contributed by atoms with van der Waals surface area (Å²) in [6.07, 6.45) is 3.03. The largest absolute Gasteiger partial charge is 0.321 e. The normalized spacial score (nSPS) is 13.1. The van der Waals surface area contributed by atoms with E-state index >= 15 is 0 Å². The Morgan fingerprint density at radius 1 is 1.25 bits per heavy atom. The van der Waals surface area contributed by atoms with Crippen molar-refractivity contribution in [1.82, 2.24) is 10.2 Å². The minimum atomic E-state index is -0.242. The molecule has 1 aromatic carbocycles. The number of halogens is 1. The Labute approximate surface area is 122 Å². The predicted octanol–water partition coefficient (Wildman–Crippen LogP) is 3.18. The fourth-order valence-corrected chi connectivity index (χ4v) is 2.48. The Hall–Kier alpha value is -1.94. The van der Waals surface area contributed by atoms with Crippen LogP contribution in [-0.4, -0.2) is 16.1 Å². The van der Waals surface area contributed by atoms with Gasteiger partial charge in [0.15, 0.2) is 5.69 Å². The first-order valence-corrected chi connectivity index (χ1v) is 6.94. The number of carbonyl (C=O) groups is 1. The van der Waals surface area contributed by atoms with Crippen molar-refractivity contribution < 1.29 is 4.79 Å². The fourth-order valence-electron chi connectivity index (χ4n) is 2.36. The van der Waals surface area contributed by atoms with E-state index in [2.05, 4.69) is 15.5 Å². The Morgan fingerprint density at radius 3 is 2.90 bits per heavy atom. The van der Waals surface area contributed by atoms with E-state index < -0.39 is 0 Å². The highest BCUT2D eigenvalue weighted by Gasteiger charge is 2.17. The molecule has 0 aliphatic heterocycles. The highest BCUT2D eigenvalue weighted by atomic mass is 35.5. The second kappa shape index (κ2) is 5.21. The first-order valence-electron chi connectivity index (χ1n) is 6.56. The molecule has 1 heterocycles.